The molecule has 2 rings (SSSR count). The van der Waals surface area contributed by atoms with Gasteiger partial charge in [0.15, 0.2) is 0 Å². The van der Waals surface area contributed by atoms with Gasteiger partial charge in [-0.05, 0) is 37.9 Å². The Hall–Kier alpha value is -0.710. The van der Waals surface area contributed by atoms with Gasteiger partial charge in [-0.1, -0.05) is 13.8 Å². The van der Waals surface area contributed by atoms with Crippen LogP contribution in [-0.4, -0.2) is 58.3 Å². The molecule has 1 saturated heterocycles. The molecule has 0 aromatic carbocycles. The van der Waals surface area contributed by atoms with Crippen molar-refractivity contribution in [2.75, 3.05) is 19.3 Å². The minimum Gasteiger partial charge on any atom is -0.341 e. The van der Waals surface area contributed by atoms with Gasteiger partial charge in [-0.25, -0.2) is 0 Å². The lowest BCUT2D eigenvalue weighted by Crippen LogP contribution is -2.50. The normalized spacial score (nSPS) is 27.2. The predicted octanol–water partition coefficient (Wildman–Crippen LogP) is 2.52. The highest BCUT2D eigenvalue weighted by molar-refractivity contribution is 7.99. The molecule has 0 unspecified atom stereocenters. The van der Waals surface area contributed by atoms with Gasteiger partial charge in [0.1, 0.15) is 6.04 Å². The Bertz CT molecular complexity index is 388. The first-order valence-corrected chi connectivity index (χ1v) is 9.31. The van der Waals surface area contributed by atoms with Crippen LogP contribution < -0.4 is 0 Å². The van der Waals surface area contributed by atoms with E-state index in [4.69, 9.17) is 0 Å². The summed E-state index contributed by atoms with van der Waals surface area (Å²) in [6.07, 6.45) is 5.63. The Balaban J connectivity index is 1.96. The fraction of sp³-hybridized carbons (Fsp3) is 0.875. The Morgan fingerprint density at radius 2 is 2.19 bits per heavy atom. The van der Waals surface area contributed by atoms with Crippen LogP contribution in [0.4, 0.5) is 0 Å². The SMILES string of the molecule is CCS[C@@H]1CC[C@H](N(C)C(=O)[C@H](CC)N2CCCC2=O)C1. The number of likely N-dealkylation sites (tertiary alicyclic amines) is 1. The number of amides is 2. The van der Waals surface area contributed by atoms with E-state index in [0.717, 1.165) is 38.0 Å². The second kappa shape index (κ2) is 7.52. The molecule has 2 amide bonds. The Kier molecular flexibility index (Phi) is 5.97. The number of hydrogen-bond donors (Lipinski definition) is 0. The number of hydrogen-bond acceptors (Lipinski definition) is 3. The highest BCUT2D eigenvalue weighted by Gasteiger charge is 2.37. The number of nitrogens with zero attached hydrogens (tertiary/aromatic N) is 2. The molecule has 4 nitrogen and oxygen atoms in total. The van der Waals surface area contributed by atoms with E-state index in [-0.39, 0.29) is 17.9 Å². The van der Waals surface area contributed by atoms with Crippen LogP contribution in [0.5, 0.6) is 0 Å². The fourth-order valence-electron chi connectivity index (χ4n) is 3.60. The fourth-order valence-corrected chi connectivity index (χ4v) is 4.73. The molecule has 0 bridgehead atoms. The Morgan fingerprint density at radius 1 is 1.43 bits per heavy atom. The summed E-state index contributed by atoms with van der Waals surface area (Å²) in [5.74, 6) is 1.43. The molecular weight excluding hydrogens is 284 g/mol. The van der Waals surface area contributed by atoms with E-state index >= 15 is 0 Å². The minimum absolute atomic E-state index is 0.139. The number of thioether (sulfide) groups is 1. The van der Waals surface area contributed by atoms with E-state index in [9.17, 15) is 9.59 Å². The molecule has 1 aliphatic carbocycles. The highest BCUT2D eigenvalue weighted by Crippen LogP contribution is 2.32. The lowest BCUT2D eigenvalue weighted by molar-refractivity contribution is -0.144. The van der Waals surface area contributed by atoms with Gasteiger partial charge in [0.05, 0.1) is 0 Å². The van der Waals surface area contributed by atoms with Gasteiger partial charge in [-0.15, -0.1) is 0 Å². The summed E-state index contributed by atoms with van der Waals surface area (Å²) in [5, 5.41) is 0.698. The molecule has 3 atom stereocenters. The molecule has 0 aromatic heterocycles. The number of rotatable bonds is 6. The molecule has 2 aliphatic rings. The van der Waals surface area contributed by atoms with Crippen molar-refractivity contribution in [1.82, 2.24) is 9.80 Å². The quantitative estimate of drug-likeness (QED) is 0.757. The van der Waals surface area contributed by atoms with Gasteiger partial charge in [-0.2, -0.15) is 11.8 Å². The topological polar surface area (TPSA) is 40.6 Å². The van der Waals surface area contributed by atoms with Crippen molar-refractivity contribution in [3.05, 3.63) is 0 Å². The zero-order valence-corrected chi connectivity index (χ0v) is 14.3. The number of carbonyl (C=O) groups excluding carboxylic acids is 2. The Morgan fingerprint density at radius 3 is 2.76 bits per heavy atom. The molecule has 21 heavy (non-hydrogen) atoms. The molecule has 0 spiro atoms. The average molecular weight is 312 g/mol. The third-order valence-electron chi connectivity index (χ3n) is 4.81. The van der Waals surface area contributed by atoms with Gasteiger partial charge in [0, 0.05) is 31.3 Å². The number of likely N-dealkylation sites (N-methyl/N-ethyl adjacent to an activating group) is 1. The van der Waals surface area contributed by atoms with Gasteiger partial charge >= 0.3 is 0 Å². The third kappa shape index (κ3) is 3.74. The minimum atomic E-state index is -0.247. The van der Waals surface area contributed by atoms with Crippen LogP contribution in [0.3, 0.4) is 0 Å². The number of carbonyl (C=O) groups is 2. The molecule has 0 N–H and O–H groups in total. The summed E-state index contributed by atoms with van der Waals surface area (Å²) < 4.78 is 0. The van der Waals surface area contributed by atoms with Crippen molar-refractivity contribution >= 4 is 23.6 Å². The first kappa shape index (κ1) is 16.7. The lowest BCUT2D eigenvalue weighted by atomic mass is 10.1. The summed E-state index contributed by atoms with van der Waals surface area (Å²) in [4.78, 5) is 28.4. The first-order chi connectivity index (χ1) is 10.1. The van der Waals surface area contributed by atoms with Crippen LogP contribution in [0.1, 0.15) is 52.4 Å². The van der Waals surface area contributed by atoms with Crippen LogP contribution in [0.2, 0.25) is 0 Å². The van der Waals surface area contributed by atoms with E-state index in [0.29, 0.717) is 17.7 Å². The van der Waals surface area contributed by atoms with Crippen LogP contribution in [0, 0.1) is 0 Å². The van der Waals surface area contributed by atoms with Gasteiger partial charge in [-0.3, -0.25) is 9.59 Å². The Labute approximate surface area is 132 Å². The van der Waals surface area contributed by atoms with E-state index in [2.05, 4.69) is 6.92 Å². The van der Waals surface area contributed by atoms with Crippen molar-refractivity contribution in [3.8, 4) is 0 Å². The van der Waals surface area contributed by atoms with E-state index in [1.807, 2.05) is 30.6 Å². The standard InChI is InChI=1S/C16H28N2O2S/c1-4-14(18-10-6-7-15(18)19)16(20)17(3)12-8-9-13(11-12)21-5-2/h12-14H,4-11H2,1-3H3/t12-,13+,14-/m0/s1. The van der Waals surface area contributed by atoms with Crippen LogP contribution >= 0.6 is 11.8 Å². The van der Waals surface area contributed by atoms with Crippen molar-refractivity contribution < 1.29 is 9.59 Å². The maximum Gasteiger partial charge on any atom is 0.245 e. The van der Waals surface area contributed by atoms with E-state index < -0.39 is 0 Å². The first-order valence-electron chi connectivity index (χ1n) is 8.26. The van der Waals surface area contributed by atoms with Crippen LogP contribution in [0.15, 0.2) is 0 Å². The maximum absolute atomic E-state index is 12.8. The smallest absolute Gasteiger partial charge is 0.245 e. The zero-order chi connectivity index (χ0) is 15.4. The molecule has 120 valence electrons. The van der Waals surface area contributed by atoms with Crippen molar-refractivity contribution in [1.29, 1.82) is 0 Å². The van der Waals surface area contributed by atoms with Crippen molar-refractivity contribution in [3.63, 3.8) is 0 Å². The van der Waals surface area contributed by atoms with Crippen LogP contribution in [-0.2, 0) is 9.59 Å². The second-order valence-corrected chi connectivity index (χ2v) is 7.69. The average Bonchev–Trinajstić information content (AvgIpc) is 3.09. The van der Waals surface area contributed by atoms with Crippen LogP contribution in [0.25, 0.3) is 0 Å². The summed E-state index contributed by atoms with van der Waals surface area (Å²) >= 11 is 2.01. The van der Waals surface area contributed by atoms with E-state index in [1.165, 1.54) is 6.42 Å². The molecule has 1 heterocycles. The summed E-state index contributed by atoms with van der Waals surface area (Å²) in [5.41, 5.74) is 0. The van der Waals surface area contributed by atoms with Crippen molar-refractivity contribution in [2.24, 2.45) is 0 Å². The van der Waals surface area contributed by atoms with Gasteiger partial charge in [0.2, 0.25) is 11.8 Å². The monoisotopic (exact) mass is 312 g/mol. The summed E-state index contributed by atoms with van der Waals surface area (Å²) in [6.45, 7) is 4.95. The third-order valence-corrected chi connectivity index (χ3v) is 6.05. The summed E-state index contributed by atoms with van der Waals surface area (Å²) in [6, 6.07) is 0.108. The molecule has 0 radical (unpaired) electrons. The molecule has 0 aromatic rings. The molecule has 1 saturated carbocycles. The molecule has 5 heteroatoms. The summed E-state index contributed by atoms with van der Waals surface area (Å²) in [7, 11) is 1.93. The van der Waals surface area contributed by atoms with Crippen molar-refractivity contribution in [2.45, 2.75) is 69.7 Å². The largest absolute Gasteiger partial charge is 0.341 e. The second-order valence-electron chi connectivity index (χ2n) is 6.11. The zero-order valence-electron chi connectivity index (χ0n) is 13.5. The highest BCUT2D eigenvalue weighted by atomic mass is 32.2. The molecular formula is C16H28N2O2S. The van der Waals surface area contributed by atoms with Gasteiger partial charge < -0.3 is 9.80 Å². The molecule has 2 fully saturated rings. The van der Waals surface area contributed by atoms with E-state index in [1.54, 1.807) is 4.90 Å². The predicted molar refractivity (Wildman–Crippen MR) is 87.4 cm³/mol. The molecule has 1 aliphatic heterocycles. The van der Waals surface area contributed by atoms with Gasteiger partial charge in [0.25, 0.3) is 0 Å². The lowest BCUT2D eigenvalue weighted by Gasteiger charge is -2.33. The maximum atomic E-state index is 12.8.